The van der Waals surface area contributed by atoms with Crippen LogP contribution in [-0.4, -0.2) is 53.6 Å². The van der Waals surface area contributed by atoms with Crippen molar-refractivity contribution in [3.63, 3.8) is 0 Å². The Labute approximate surface area is 153 Å². The molecule has 2 rings (SSSR count). The fourth-order valence-corrected chi connectivity index (χ4v) is 4.32. The summed E-state index contributed by atoms with van der Waals surface area (Å²) in [7, 11) is 0. The molecule has 2 fully saturated rings. The topological polar surface area (TPSA) is 49.9 Å². The Kier molecular flexibility index (Phi) is 6.39. The third-order valence-corrected chi connectivity index (χ3v) is 6.08. The first-order valence-electron chi connectivity index (χ1n) is 9.82. The molecule has 0 aromatic carbocycles. The standard InChI is InChI=1S/C20H36N2O3/c1-14(2)17-7-10-22(12-17)19(24)25-20(5,6)11-15(3)18-8-9-21(13-18)16(4)23/h14-15,17-18H,7-13H2,1-6H3/t15?,17-,18-/m1/s1. The number of rotatable bonds is 5. The van der Waals surface area contributed by atoms with Crippen molar-refractivity contribution in [3.8, 4) is 0 Å². The first-order valence-corrected chi connectivity index (χ1v) is 9.82. The first-order chi connectivity index (χ1) is 11.6. The van der Waals surface area contributed by atoms with Gasteiger partial charge in [-0.1, -0.05) is 20.8 Å². The maximum Gasteiger partial charge on any atom is 0.410 e. The Morgan fingerprint density at radius 2 is 1.60 bits per heavy atom. The summed E-state index contributed by atoms with van der Waals surface area (Å²) in [5.41, 5.74) is -0.476. The molecule has 0 bridgehead atoms. The van der Waals surface area contributed by atoms with E-state index in [0.29, 0.717) is 23.7 Å². The largest absolute Gasteiger partial charge is 0.443 e. The zero-order chi connectivity index (χ0) is 18.8. The van der Waals surface area contributed by atoms with Crippen LogP contribution in [0.2, 0.25) is 0 Å². The molecule has 0 N–H and O–H groups in total. The van der Waals surface area contributed by atoms with Gasteiger partial charge in [-0.15, -0.1) is 0 Å². The van der Waals surface area contributed by atoms with Crippen LogP contribution in [0.3, 0.4) is 0 Å². The predicted octanol–water partition coefficient (Wildman–Crippen LogP) is 3.77. The van der Waals surface area contributed by atoms with E-state index in [-0.39, 0.29) is 12.0 Å². The molecule has 144 valence electrons. The molecule has 0 aromatic rings. The fourth-order valence-electron chi connectivity index (χ4n) is 4.32. The van der Waals surface area contributed by atoms with Crippen molar-refractivity contribution in [3.05, 3.63) is 0 Å². The van der Waals surface area contributed by atoms with Gasteiger partial charge in [0, 0.05) is 33.1 Å². The number of hydrogen-bond donors (Lipinski definition) is 0. The summed E-state index contributed by atoms with van der Waals surface area (Å²) < 4.78 is 5.86. The summed E-state index contributed by atoms with van der Waals surface area (Å²) in [6.45, 7) is 15.6. The van der Waals surface area contributed by atoms with Crippen LogP contribution in [0.4, 0.5) is 4.79 Å². The maximum atomic E-state index is 12.5. The Balaban J connectivity index is 1.83. The van der Waals surface area contributed by atoms with Gasteiger partial charge < -0.3 is 14.5 Å². The van der Waals surface area contributed by atoms with Crippen LogP contribution in [-0.2, 0) is 9.53 Å². The number of nitrogens with zero attached hydrogens (tertiary/aromatic N) is 2. The molecule has 2 aliphatic rings. The molecule has 1 unspecified atom stereocenters. The summed E-state index contributed by atoms with van der Waals surface area (Å²) >= 11 is 0. The number of carbonyl (C=O) groups excluding carboxylic acids is 2. The Hall–Kier alpha value is -1.26. The number of carbonyl (C=O) groups is 2. The van der Waals surface area contributed by atoms with Gasteiger partial charge in [0.25, 0.3) is 0 Å². The zero-order valence-electron chi connectivity index (χ0n) is 16.9. The van der Waals surface area contributed by atoms with E-state index in [4.69, 9.17) is 4.74 Å². The molecule has 0 spiro atoms. The highest BCUT2D eigenvalue weighted by Gasteiger charge is 2.36. The predicted molar refractivity (Wildman–Crippen MR) is 99.2 cm³/mol. The van der Waals surface area contributed by atoms with Gasteiger partial charge >= 0.3 is 6.09 Å². The van der Waals surface area contributed by atoms with Gasteiger partial charge in [0.15, 0.2) is 0 Å². The highest BCUT2D eigenvalue weighted by molar-refractivity contribution is 5.73. The summed E-state index contributed by atoms with van der Waals surface area (Å²) in [6.07, 6.45) is 2.79. The molecule has 5 nitrogen and oxygen atoms in total. The van der Waals surface area contributed by atoms with Crippen molar-refractivity contribution >= 4 is 12.0 Å². The maximum absolute atomic E-state index is 12.5. The molecule has 3 atom stereocenters. The molecule has 0 aromatic heterocycles. The average Bonchev–Trinajstić information content (AvgIpc) is 3.16. The van der Waals surface area contributed by atoms with E-state index in [1.165, 1.54) is 0 Å². The molecule has 0 saturated carbocycles. The molecule has 2 heterocycles. The summed E-state index contributed by atoms with van der Waals surface area (Å²) in [6, 6.07) is 0. The third kappa shape index (κ3) is 5.35. The minimum atomic E-state index is -0.476. The summed E-state index contributed by atoms with van der Waals surface area (Å²) in [5, 5.41) is 0. The second-order valence-corrected chi connectivity index (χ2v) is 9.06. The lowest BCUT2D eigenvalue weighted by atomic mass is 9.84. The highest BCUT2D eigenvalue weighted by atomic mass is 16.6. The Bertz CT molecular complexity index is 489. The molecule has 5 heteroatoms. The second kappa shape index (κ2) is 7.96. The van der Waals surface area contributed by atoms with Gasteiger partial charge in [0.2, 0.25) is 5.91 Å². The SMILES string of the molecule is CC(=O)N1CC[C@@H](C(C)CC(C)(C)OC(=O)N2CC[C@@H](C(C)C)C2)C1. The Morgan fingerprint density at radius 1 is 1.04 bits per heavy atom. The molecule has 0 aliphatic carbocycles. The molecular formula is C20H36N2O3. The minimum absolute atomic E-state index is 0.161. The van der Waals surface area contributed by atoms with E-state index in [9.17, 15) is 9.59 Å². The molecule has 0 radical (unpaired) electrons. The van der Waals surface area contributed by atoms with Crippen LogP contribution < -0.4 is 0 Å². The van der Waals surface area contributed by atoms with Crippen molar-refractivity contribution < 1.29 is 14.3 Å². The first kappa shape index (κ1) is 20.1. The highest BCUT2D eigenvalue weighted by Crippen LogP contribution is 2.32. The Morgan fingerprint density at radius 3 is 2.12 bits per heavy atom. The lowest BCUT2D eigenvalue weighted by Gasteiger charge is -2.32. The van der Waals surface area contributed by atoms with E-state index in [1.54, 1.807) is 6.92 Å². The number of likely N-dealkylation sites (tertiary alicyclic amines) is 2. The zero-order valence-corrected chi connectivity index (χ0v) is 16.9. The normalized spacial score (nSPS) is 25.6. The van der Waals surface area contributed by atoms with Crippen LogP contribution in [0.1, 0.15) is 60.8 Å². The fraction of sp³-hybridized carbons (Fsp3) is 0.900. The van der Waals surface area contributed by atoms with E-state index >= 15 is 0 Å². The molecule has 2 saturated heterocycles. The van der Waals surface area contributed by atoms with Gasteiger partial charge in [-0.2, -0.15) is 0 Å². The van der Waals surface area contributed by atoms with E-state index in [1.807, 2.05) is 23.6 Å². The smallest absolute Gasteiger partial charge is 0.410 e. The average molecular weight is 353 g/mol. The third-order valence-electron chi connectivity index (χ3n) is 6.08. The van der Waals surface area contributed by atoms with Gasteiger partial charge in [-0.3, -0.25) is 4.79 Å². The lowest BCUT2D eigenvalue weighted by Crippen LogP contribution is -2.39. The number of ether oxygens (including phenoxy) is 1. The van der Waals surface area contributed by atoms with Crippen LogP contribution in [0.5, 0.6) is 0 Å². The van der Waals surface area contributed by atoms with Crippen LogP contribution >= 0.6 is 0 Å². The van der Waals surface area contributed by atoms with Gasteiger partial charge in [-0.05, 0) is 56.8 Å². The molecular weight excluding hydrogens is 316 g/mol. The van der Waals surface area contributed by atoms with Crippen molar-refractivity contribution in [2.45, 2.75) is 66.4 Å². The van der Waals surface area contributed by atoms with Crippen LogP contribution in [0.15, 0.2) is 0 Å². The monoisotopic (exact) mass is 352 g/mol. The lowest BCUT2D eigenvalue weighted by molar-refractivity contribution is -0.127. The van der Waals surface area contributed by atoms with E-state index < -0.39 is 5.60 Å². The number of amides is 2. The van der Waals surface area contributed by atoms with Crippen LogP contribution in [0, 0.1) is 23.7 Å². The van der Waals surface area contributed by atoms with Gasteiger partial charge in [-0.25, -0.2) is 4.79 Å². The molecule has 25 heavy (non-hydrogen) atoms. The summed E-state index contributed by atoms with van der Waals surface area (Å²) in [4.78, 5) is 27.8. The van der Waals surface area contributed by atoms with Crippen molar-refractivity contribution in [2.75, 3.05) is 26.2 Å². The van der Waals surface area contributed by atoms with Crippen molar-refractivity contribution in [1.29, 1.82) is 0 Å². The quantitative estimate of drug-likeness (QED) is 0.757. The van der Waals surface area contributed by atoms with Crippen molar-refractivity contribution in [2.24, 2.45) is 23.7 Å². The molecule has 2 amide bonds. The number of hydrogen-bond acceptors (Lipinski definition) is 3. The van der Waals surface area contributed by atoms with Gasteiger partial charge in [0.1, 0.15) is 5.60 Å². The second-order valence-electron chi connectivity index (χ2n) is 9.06. The van der Waals surface area contributed by atoms with E-state index in [2.05, 4.69) is 20.8 Å². The van der Waals surface area contributed by atoms with Gasteiger partial charge in [0.05, 0.1) is 0 Å². The van der Waals surface area contributed by atoms with Crippen LogP contribution in [0.25, 0.3) is 0 Å². The summed E-state index contributed by atoms with van der Waals surface area (Å²) in [5.74, 6) is 2.28. The van der Waals surface area contributed by atoms with Crippen molar-refractivity contribution in [1.82, 2.24) is 9.80 Å². The van der Waals surface area contributed by atoms with E-state index in [0.717, 1.165) is 45.4 Å². The minimum Gasteiger partial charge on any atom is -0.443 e. The molecule has 2 aliphatic heterocycles.